The Hall–Kier alpha value is -2.78. The van der Waals surface area contributed by atoms with Crippen LogP contribution in [0.3, 0.4) is 0 Å². The zero-order valence-corrected chi connectivity index (χ0v) is 19.9. The Kier molecular flexibility index (Phi) is 8.35. The topological polar surface area (TPSA) is 83.3 Å². The molecule has 0 N–H and O–H groups in total. The van der Waals surface area contributed by atoms with Gasteiger partial charge in [-0.25, -0.2) is 8.42 Å². The van der Waals surface area contributed by atoms with E-state index in [1.807, 2.05) is 31.2 Å². The highest BCUT2D eigenvalue weighted by Gasteiger charge is 2.21. The van der Waals surface area contributed by atoms with Crippen LogP contribution in [0.25, 0.3) is 0 Å². The Morgan fingerprint density at radius 3 is 2.41 bits per heavy atom. The summed E-state index contributed by atoms with van der Waals surface area (Å²) in [5.74, 6) is 2.53. The maximum Gasteiger partial charge on any atom is 0.191 e. The Morgan fingerprint density at radius 2 is 1.75 bits per heavy atom. The molecule has 1 heterocycles. The molecule has 0 saturated heterocycles. The van der Waals surface area contributed by atoms with Crippen LogP contribution in [0.4, 0.5) is 0 Å². The molecule has 0 atom stereocenters. The molecule has 0 saturated carbocycles. The molecular formula is C23H27N3O4S2. The standard InChI is InChI=1S/C23H27N3O4S2/c1-4-14-26-22(17-32(27,28)21-12-6-18(2)7-13-21)24-25-23(26)31-16-5-15-30-20-10-8-19(29-3)9-11-20/h4,6-13H,1,5,14-17H2,2-3H3. The van der Waals surface area contributed by atoms with Gasteiger partial charge in [-0.15, -0.1) is 16.8 Å². The molecule has 0 amide bonds. The van der Waals surface area contributed by atoms with Gasteiger partial charge in [-0.3, -0.25) is 0 Å². The molecule has 0 aliphatic rings. The second-order valence-electron chi connectivity index (χ2n) is 7.10. The first-order valence-corrected chi connectivity index (χ1v) is 12.8. The van der Waals surface area contributed by atoms with Crippen LogP contribution < -0.4 is 9.47 Å². The average Bonchev–Trinajstić information content (AvgIpc) is 3.15. The third-order valence-corrected chi connectivity index (χ3v) is 7.33. The monoisotopic (exact) mass is 473 g/mol. The van der Waals surface area contributed by atoms with E-state index in [1.165, 1.54) is 11.8 Å². The Balaban J connectivity index is 1.57. The van der Waals surface area contributed by atoms with Crippen LogP contribution in [0.1, 0.15) is 17.8 Å². The van der Waals surface area contributed by atoms with Crippen LogP contribution in [0, 0.1) is 6.92 Å². The van der Waals surface area contributed by atoms with Crippen LogP contribution >= 0.6 is 11.8 Å². The molecule has 0 aliphatic carbocycles. The van der Waals surface area contributed by atoms with E-state index in [0.717, 1.165) is 29.2 Å². The highest BCUT2D eigenvalue weighted by atomic mass is 32.2. The van der Waals surface area contributed by atoms with Crippen molar-refractivity contribution in [1.82, 2.24) is 14.8 Å². The molecule has 32 heavy (non-hydrogen) atoms. The first kappa shape index (κ1) is 23.9. The highest BCUT2D eigenvalue weighted by Crippen LogP contribution is 2.22. The van der Waals surface area contributed by atoms with Gasteiger partial charge < -0.3 is 14.0 Å². The maximum atomic E-state index is 12.8. The highest BCUT2D eigenvalue weighted by molar-refractivity contribution is 7.99. The molecule has 0 radical (unpaired) electrons. The molecule has 0 spiro atoms. The summed E-state index contributed by atoms with van der Waals surface area (Å²) in [5, 5.41) is 9.03. The number of benzene rings is 2. The lowest BCUT2D eigenvalue weighted by atomic mass is 10.2. The number of aryl methyl sites for hydroxylation is 1. The number of methoxy groups -OCH3 is 1. The summed E-state index contributed by atoms with van der Waals surface area (Å²) in [4.78, 5) is 0.279. The number of aromatic nitrogens is 3. The zero-order chi connectivity index (χ0) is 23.0. The number of thioether (sulfide) groups is 1. The first-order chi connectivity index (χ1) is 15.4. The Morgan fingerprint density at radius 1 is 1.06 bits per heavy atom. The minimum absolute atomic E-state index is 0.210. The minimum Gasteiger partial charge on any atom is -0.497 e. The van der Waals surface area contributed by atoms with Crippen molar-refractivity contribution in [2.24, 2.45) is 0 Å². The fraction of sp³-hybridized carbons (Fsp3) is 0.304. The minimum atomic E-state index is -3.52. The number of sulfone groups is 1. The number of hydrogen-bond acceptors (Lipinski definition) is 7. The third kappa shape index (κ3) is 6.37. The Bertz CT molecular complexity index is 1130. The molecule has 7 nitrogen and oxygen atoms in total. The number of ether oxygens (including phenoxy) is 2. The summed E-state index contributed by atoms with van der Waals surface area (Å²) < 4.78 is 38.3. The molecule has 0 bridgehead atoms. The van der Waals surface area contributed by atoms with Gasteiger partial charge in [0.1, 0.15) is 23.1 Å². The van der Waals surface area contributed by atoms with E-state index in [0.29, 0.717) is 24.1 Å². The van der Waals surface area contributed by atoms with E-state index in [2.05, 4.69) is 16.8 Å². The summed E-state index contributed by atoms with van der Waals surface area (Å²) in [6.07, 6.45) is 2.51. The van der Waals surface area contributed by atoms with Crippen molar-refractivity contribution >= 4 is 21.6 Å². The van der Waals surface area contributed by atoms with Crippen molar-refractivity contribution in [1.29, 1.82) is 0 Å². The molecular weight excluding hydrogens is 446 g/mol. The normalized spacial score (nSPS) is 11.3. The molecule has 3 rings (SSSR count). The second kappa shape index (κ2) is 11.2. The van der Waals surface area contributed by atoms with E-state index in [-0.39, 0.29) is 10.6 Å². The van der Waals surface area contributed by atoms with Gasteiger partial charge in [0.25, 0.3) is 0 Å². The van der Waals surface area contributed by atoms with E-state index >= 15 is 0 Å². The van der Waals surface area contributed by atoms with Gasteiger partial charge >= 0.3 is 0 Å². The van der Waals surface area contributed by atoms with Gasteiger partial charge in [-0.2, -0.15) is 0 Å². The Labute approximate surface area is 193 Å². The van der Waals surface area contributed by atoms with Gasteiger partial charge in [0.05, 0.1) is 18.6 Å². The predicted octanol–water partition coefficient (Wildman–Crippen LogP) is 4.32. The fourth-order valence-electron chi connectivity index (χ4n) is 2.93. The summed E-state index contributed by atoms with van der Waals surface area (Å²) in [6.45, 7) is 6.69. The third-order valence-electron chi connectivity index (χ3n) is 4.65. The molecule has 0 fully saturated rings. The van der Waals surface area contributed by atoms with Gasteiger partial charge in [-0.1, -0.05) is 35.5 Å². The van der Waals surface area contributed by atoms with Gasteiger partial charge in [0.15, 0.2) is 15.0 Å². The lowest BCUT2D eigenvalue weighted by molar-refractivity contribution is 0.318. The summed E-state index contributed by atoms with van der Waals surface area (Å²) >= 11 is 1.52. The lowest BCUT2D eigenvalue weighted by Gasteiger charge is -2.09. The van der Waals surface area contributed by atoms with Crippen LogP contribution in [-0.4, -0.2) is 42.7 Å². The van der Waals surface area contributed by atoms with Crippen LogP contribution in [0.2, 0.25) is 0 Å². The van der Waals surface area contributed by atoms with Crippen molar-refractivity contribution in [3.8, 4) is 11.5 Å². The summed E-state index contributed by atoms with van der Waals surface area (Å²) in [5.41, 5.74) is 1.01. The molecule has 9 heteroatoms. The van der Waals surface area contributed by atoms with Crippen LogP contribution in [0.5, 0.6) is 11.5 Å². The molecule has 3 aromatic rings. The number of nitrogens with zero attached hydrogens (tertiary/aromatic N) is 3. The molecule has 170 valence electrons. The van der Waals surface area contributed by atoms with Gasteiger partial charge in [0, 0.05) is 12.3 Å². The number of rotatable bonds is 12. The van der Waals surface area contributed by atoms with Crippen molar-refractivity contribution in [3.05, 3.63) is 72.6 Å². The maximum absolute atomic E-state index is 12.8. The van der Waals surface area contributed by atoms with E-state index in [4.69, 9.17) is 9.47 Å². The van der Waals surface area contributed by atoms with Crippen molar-refractivity contribution in [2.75, 3.05) is 19.5 Å². The lowest BCUT2D eigenvalue weighted by Crippen LogP contribution is -2.11. The van der Waals surface area contributed by atoms with Crippen molar-refractivity contribution in [2.45, 2.75) is 35.7 Å². The van der Waals surface area contributed by atoms with Crippen LogP contribution in [-0.2, 0) is 22.1 Å². The SMILES string of the molecule is C=CCn1c(CS(=O)(=O)c2ccc(C)cc2)nnc1SCCCOc1ccc(OC)cc1. The van der Waals surface area contributed by atoms with Gasteiger partial charge in [-0.05, 0) is 49.7 Å². The molecule has 1 aromatic heterocycles. The molecule has 0 unspecified atom stereocenters. The smallest absolute Gasteiger partial charge is 0.191 e. The van der Waals surface area contributed by atoms with Crippen LogP contribution in [0.15, 0.2) is 71.2 Å². The van der Waals surface area contributed by atoms with Crippen molar-refractivity contribution in [3.63, 3.8) is 0 Å². The van der Waals surface area contributed by atoms with Crippen molar-refractivity contribution < 1.29 is 17.9 Å². The number of allylic oxidation sites excluding steroid dienone is 1. The summed E-state index contributed by atoms with van der Waals surface area (Å²) in [6, 6.07) is 14.3. The molecule has 0 aliphatic heterocycles. The van der Waals surface area contributed by atoms with E-state index < -0.39 is 9.84 Å². The average molecular weight is 474 g/mol. The van der Waals surface area contributed by atoms with E-state index in [1.54, 1.807) is 42.0 Å². The molecule has 2 aromatic carbocycles. The zero-order valence-electron chi connectivity index (χ0n) is 18.2. The number of hydrogen-bond donors (Lipinski definition) is 0. The summed E-state index contributed by atoms with van der Waals surface area (Å²) in [7, 11) is -1.89. The predicted molar refractivity (Wildman–Crippen MR) is 126 cm³/mol. The van der Waals surface area contributed by atoms with E-state index in [9.17, 15) is 8.42 Å². The largest absolute Gasteiger partial charge is 0.497 e. The fourth-order valence-corrected chi connectivity index (χ4v) is 5.08. The second-order valence-corrected chi connectivity index (χ2v) is 10.1. The van der Waals surface area contributed by atoms with Gasteiger partial charge in [0.2, 0.25) is 0 Å². The quantitative estimate of drug-likeness (QED) is 0.220. The first-order valence-electron chi connectivity index (χ1n) is 10.1.